The minimum absolute atomic E-state index is 0.0984. The molecule has 0 spiro atoms. The first-order chi connectivity index (χ1) is 6.23. The number of benzene rings is 1. The summed E-state index contributed by atoms with van der Waals surface area (Å²) in [6.45, 7) is 2.49. The third-order valence-electron chi connectivity index (χ3n) is 2.70. The van der Waals surface area contributed by atoms with Gasteiger partial charge in [-0.1, -0.05) is 30.3 Å². The zero-order valence-corrected chi connectivity index (χ0v) is 7.62. The van der Waals surface area contributed by atoms with Crippen molar-refractivity contribution in [2.24, 2.45) is 0 Å². The molecule has 1 aliphatic heterocycles. The van der Waals surface area contributed by atoms with Gasteiger partial charge in [0.05, 0.1) is 12.0 Å². The lowest BCUT2D eigenvalue weighted by Crippen LogP contribution is -2.27. The van der Waals surface area contributed by atoms with Gasteiger partial charge in [-0.2, -0.15) is 0 Å². The standard InChI is InChI=1S/C11H12O2/c1-11(7-8-13-10(11)12)9-5-3-2-4-6-9/h2-6H,7-8H2,1H3/t11-/m1/s1. The zero-order chi connectivity index (χ0) is 9.31. The van der Waals surface area contributed by atoms with E-state index in [1.165, 1.54) is 0 Å². The first kappa shape index (κ1) is 8.30. The summed E-state index contributed by atoms with van der Waals surface area (Å²) < 4.78 is 4.98. The van der Waals surface area contributed by atoms with Crippen molar-refractivity contribution in [3.8, 4) is 0 Å². The normalized spacial score (nSPS) is 27.3. The van der Waals surface area contributed by atoms with Crippen molar-refractivity contribution >= 4 is 5.97 Å². The average Bonchev–Trinajstić information content (AvgIpc) is 2.50. The summed E-state index contributed by atoms with van der Waals surface area (Å²) in [7, 11) is 0. The highest BCUT2D eigenvalue weighted by Gasteiger charge is 2.41. The van der Waals surface area contributed by atoms with Crippen molar-refractivity contribution in [1.82, 2.24) is 0 Å². The van der Waals surface area contributed by atoms with Crippen LogP contribution in [0.2, 0.25) is 0 Å². The van der Waals surface area contributed by atoms with Gasteiger partial charge in [-0.15, -0.1) is 0 Å². The molecule has 1 atom stereocenters. The molecule has 13 heavy (non-hydrogen) atoms. The van der Waals surface area contributed by atoms with Gasteiger partial charge in [0, 0.05) is 6.42 Å². The molecule has 0 aromatic heterocycles. The molecule has 0 aliphatic carbocycles. The highest BCUT2D eigenvalue weighted by atomic mass is 16.5. The number of ether oxygens (including phenoxy) is 1. The van der Waals surface area contributed by atoms with Gasteiger partial charge in [0.15, 0.2) is 0 Å². The summed E-state index contributed by atoms with van der Waals surface area (Å²) in [5.74, 6) is -0.0984. The van der Waals surface area contributed by atoms with Crippen LogP contribution in [0.5, 0.6) is 0 Å². The van der Waals surface area contributed by atoms with E-state index in [9.17, 15) is 4.79 Å². The Balaban J connectivity index is 2.40. The summed E-state index contributed by atoms with van der Waals surface area (Å²) in [6, 6.07) is 9.81. The second-order valence-corrected chi connectivity index (χ2v) is 3.58. The Morgan fingerprint density at radius 2 is 2.00 bits per heavy atom. The molecule has 1 heterocycles. The van der Waals surface area contributed by atoms with Gasteiger partial charge in [-0.05, 0) is 12.5 Å². The number of esters is 1. The third kappa shape index (κ3) is 1.22. The molecular weight excluding hydrogens is 164 g/mol. The maximum atomic E-state index is 11.5. The molecular formula is C11H12O2. The predicted octanol–water partition coefficient (Wildman–Crippen LogP) is 1.89. The van der Waals surface area contributed by atoms with Gasteiger partial charge in [0.1, 0.15) is 0 Å². The quantitative estimate of drug-likeness (QED) is 0.611. The summed E-state index contributed by atoms with van der Waals surface area (Å²) in [4.78, 5) is 11.5. The van der Waals surface area contributed by atoms with Gasteiger partial charge < -0.3 is 4.74 Å². The molecule has 0 saturated carbocycles. The lowest BCUT2D eigenvalue weighted by molar-refractivity contribution is -0.142. The minimum atomic E-state index is -0.415. The summed E-state index contributed by atoms with van der Waals surface area (Å²) >= 11 is 0. The Bertz CT molecular complexity index is 318. The number of rotatable bonds is 1. The molecule has 1 aromatic carbocycles. The van der Waals surface area contributed by atoms with Crippen LogP contribution < -0.4 is 0 Å². The second kappa shape index (κ2) is 2.87. The van der Waals surface area contributed by atoms with Gasteiger partial charge in [0.25, 0.3) is 0 Å². The predicted molar refractivity (Wildman–Crippen MR) is 49.4 cm³/mol. The van der Waals surface area contributed by atoms with Crippen LogP contribution >= 0.6 is 0 Å². The van der Waals surface area contributed by atoms with Crippen molar-refractivity contribution in [3.63, 3.8) is 0 Å². The molecule has 1 saturated heterocycles. The first-order valence-electron chi connectivity index (χ1n) is 4.46. The number of hydrogen-bond acceptors (Lipinski definition) is 2. The van der Waals surface area contributed by atoms with Crippen molar-refractivity contribution in [2.75, 3.05) is 6.61 Å². The van der Waals surface area contributed by atoms with Gasteiger partial charge in [0.2, 0.25) is 0 Å². The second-order valence-electron chi connectivity index (χ2n) is 3.58. The topological polar surface area (TPSA) is 26.3 Å². The molecule has 68 valence electrons. The molecule has 0 amide bonds. The van der Waals surface area contributed by atoms with E-state index < -0.39 is 5.41 Å². The van der Waals surface area contributed by atoms with Crippen LogP contribution in [-0.2, 0) is 14.9 Å². The van der Waals surface area contributed by atoms with Gasteiger partial charge in [-0.25, -0.2) is 0 Å². The molecule has 0 unspecified atom stereocenters. The molecule has 0 radical (unpaired) electrons. The van der Waals surface area contributed by atoms with Crippen LogP contribution in [0.1, 0.15) is 18.9 Å². The van der Waals surface area contributed by atoms with Gasteiger partial charge >= 0.3 is 5.97 Å². The van der Waals surface area contributed by atoms with E-state index in [-0.39, 0.29) is 5.97 Å². The van der Waals surface area contributed by atoms with Gasteiger partial charge in [-0.3, -0.25) is 4.79 Å². The molecule has 0 N–H and O–H groups in total. The van der Waals surface area contributed by atoms with E-state index in [4.69, 9.17) is 4.74 Å². The van der Waals surface area contributed by atoms with E-state index in [0.29, 0.717) is 6.61 Å². The summed E-state index contributed by atoms with van der Waals surface area (Å²) in [5.41, 5.74) is 0.638. The Hall–Kier alpha value is -1.31. The highest BCUT2D eigenvalue weighted by Crippen LogP contribution is 2.33. The monoisotopic (exact) mass is 176 g/mol. The van der Waals surface area contributed by atoms with Crippen LogP contribution in [0, 0.1) is 0 Å². The Kier molecular flexibility index (Phi) is 1.83. The van der Waals surface area contributed by atoms with E-state index in [0.717, 1.165) is 12.0 Å². The van der Waals surface area contributed by atoms with Crippen LogP contribution in [0.4, 0.5) is 0 Å². The van der Waals surface area contributed by atoms with Crippen LogP contribution in [0.3, 0.4) is 0 Å². The maximum Gasteiger partial charge on any atom is 0.316 e. The number of carbonyl (C=O) groups excluding carboxylic acids is 1. The third-order valence-corrected chi connectivity index (χ3v) is 2.70. The Labute approximate surface area is 77.5 Å². The van der Waals surface area contributed by atoms with E-state index >= 15 is 0 Å². The Morgan fingerprint density at radius 1 is 1.31 bits per heavy atom. The minimum Gasteiger partial charge on any atom is -0.465 e. The van der Waals surface area contributed by atoms with Crippen LogP contribution in [-0.4, -0.2) is 12.6 Å². The van der Waals surface area contributed by atoms with Crippen molar-refractivity contribution < 1.29 is 9.53 Å². The fourth-order valence-corrected chi connectivity index (χ4v) is 1.68. The molecule has 2 rings (SSSR count). The van der Waals surface area contributed by atoms with Crippen LogP contribution in [0.25, 0.3) is 0 Å². The fourth-order valence-electron chi connectivity index (χ4n) is 1.68. The van der Waals surface area contributed by atoms with E-state index in [1.54, 1.807) is 0 Å². The lowest BCUT2D eigenvalue weighted by atomic mass is 9.81. The van der Waals surface area contributed by atoms with Crippen LogP contribution in [0.15, 0.2) is 30.3 Å². The largest absolute Gasteiger partial charge is 0.465 e. The molecule has 1 aliphatic rings. The van der Waals surface area contributed by atoms with E-state index in [1.807, 2.05) is 37.3 Å². The zero-order valence-electron chi connectivity index (χ0n) is 7.62. The van der Waals surface area contributed by atoms with Crippen molar-refractivity contribution in [1.29, 1.82) is 0 Å². The highest BCUT2D eigenvalue weighted by molar-refractivity contribution is 5.84. The fraction of sp³-hybridized carbons (Fsp3) is 0.364. The molecule has 2 nitrogen and oxygen atoms in total. The number of cyclic esters (lactones) is 1. The van der Waals surface area contributed by atoms with Crippen molar-refractivity contribution in [3.05, 3.63) is 35.9 Å². The number of carbonyl (C=O) groups is 1. The lowest BCUT2D eigenvalue weighted by Gasteiger charge is -2.18. The first-order valence-corrected chi connectivity index (χ1v) is 4.46. The molecule has 2 heteroatoms. The smallest absolute Gasteiger partial charge is 0.316 e. The summed E-state index contributed by atoms with van der Waals surface area (Å²) in [6.07, 6.45) is 0.788. The SMILES string of the molecule is C[C@]1(c2ccccc2)CCOC1=O. The maximum absolute atomic E-state index is 11.5. The molecule has 1 fully saturated rings. The van der Waals surface area contributed by atoms with E-state index in [2.05, 4.69) is 0 Å². The number of hydrogen-bond donors (Lipinski definition) is 0. The molecule has 0 bridgehead atoms. The van der Waals surface area contributed by atoms with Crippen molar-refractivity contribution in [2.45, 2.75) is 18.8 Å². The Morgan fingerprint density at radius 3 is 2.54 bits per heavy atom. The average molecular weight is 176 g/mol. The summed E-state index contributed by atoms with van der Waals surface area (Å²) in [5, 5.41) is 0. The molecule has 1 aromatic rings.